The molecule has 0 aliphatic rings. The van der Waals surface area contributed by atoms with E-state index in [1.807, 2.05) is 97.2 Å². The fourth-order valence-electron chi connectivity index (χ4n) is 7.56. The van der Waals surface area contributed by atoms with Gasteiger partial charge in [-0.15, -0.1) is 0 Å². The Kier molecular flexibility index (Phi) is 9.42. The Morgan fingerprint density at radius 1 is 0.649 bits per heavy atom. The minimum absolute atomic E-state index is 0.160. The summed E-state index contributed by atoms with van der Waals surface area (Å²) in [5, 5.41) is 8.59. The van der Waals surface area contributed by atoms with Crippen LogP contribution in [0.3, 0.4) is 0 Å². The van der Waals surface area contributed by atoms with E-state index >= 15 is 0 Å². The van der Waals surface area contributed by atoms with Crippen molar-refractivity contribution in [2.45, 2.75) is 12.1 Å². The van der Waals surface area contributed by atoms with Crippen LogP contribution in [0.15, 0.2) is 195 Å². The van der Waals surface area contributed by atoms with Gasteiger partial charge in [-0.1, -0.05) is 121 Å². The van der Waals surface area contributed by atoms with Crippen molar-refractivity contribution < 1.29 is 9.53 Å². The maximum Gasteiger partial charge on any atom is 0.251 e. The highest BCUT2D eigenvalue weighted by atomic mass is 16.5. The maximum absolute atomic E-state index is 13.4. The molecule has 0 unspecified atom stereocenters. The molecule has 0 fully saturated rings. The van der Waals surface area contributed by atoms with Crippen LogP contribution in [0.1, 0.15) is 32.6 Å². The second kappa shape index (κ2) is 15.3. The van der Waals surface area contributed by atoms with Crippen LogP contribution in [0, 0.1) is 0 Å². The van der Waals surface area contributed by atoms with Gasteiger partial charge in [-0.2, -0.15) is 5.10 Å². The molecule has 276 valence electrons. The van der Waals surface area contributed by atoms with Crippen molar-refractivity contribution in [2.75, 3.05) is 7.11 Å². The molecule has 1 amide bonds. The Labute approximate surface area is 330 Å². The number of nitrogens with one attached hydrogen (secondary N) is 1. The summed E-state index contributed by atoms with van der Waals surface area (Å²) in [4.78, 5) is 22.7. The zero-order valence-electron chi connectivity index (χ0n) is 31.2. The summed E-state index contributed by atoms with van der Waals surface area (Å²) in [6, 6.07) is 56.9. The average molecular weight is 743 g/mol. The second-order valence-electron chi connectivity index (χ2n) is 13.8. The van der Waals surface area contributed by atoms with Gasteiger partial charge in [0.1, 0.15) is 22.6 Å². The highest BCUT2D eigenvalue weighted by molar-refractivity contribution is 5.95. The molecular weight excluding hydrogens is 705 g/mol. The Hall–Kier alpha value is -7.58. The molecule has 0 radical (unpaired) electrons. The number of rotatable bonds is 11. The van der Waals surface area contributed by atoms with E-state index in [2.05, 4.69) is 111 Å². The molecule has 1 N–H and O–H groups in total. The Bertz CT molecular complexity index is 2670. The first kappa shape index (κ1) is 35.1. The first-order chi connectivity index (χ1) is 28.1. The number of aromatic nitrogens is 5. The van der Waals surface area contributed by atoms with Gasteiger partial charge in [-0.05, 0) is 70.8 Å². The number of fused-ring (bicyclic) bond motifs is 1. The van der Waals surface area contributed by atoms with Gasteiger partial charge in [0.25, 0.3) is 5.91 Å². The first-order valence-electron chi connectivity index (χ1n) is 18.8. The van der Waals surface area contributed by atoms with Gasteiger partial charge in [-0.25, -0.2) is 4.98 Å². The van der Waals surface area contributed by atoms with Crippen LogP contribution in [0.25, 0.3) is 39.4 Å². The molecular formula is C49H38N6O2. The summed E-state index contributed by atoms with van der Waals surface area (Å²) in [7, 11) is 1.64. The highest BCUT2D eigenvalue weighted by Gasteiger charge is 2.40. The van der Waals surface area contributed by atoms with Crippen molar-refractivity contribution in [3.05, 3.63) is 222 Å². The van der Waals surface area contributed by atoms with Crippen LogP contribution in [0.4, 0.5) is 0 Å². The number of imidazole rings is 1. The van der Waals surface area contributed by atoms with Gasteiger partial charge in [-0.3, -0.25) is 18.9 Å². The molecule has 0 saturated carbocycles. The molecule has 9 rings (SSSR count). The van der Waals surface area contributed by atoms with Crippen molar-refractivity contribution in [1.29, 1.82) is 0 Å². The fraction of sp³-hybridized carbons (Fsp3) is 0.0612. The van der Waals surface area contributed by atoms with Crippen LogP contribution in [-0.4, -0.2) is 37.2 Å². The minimum Gasteiger partial charge on any atom is -0.497 e. The van der Waals surface area contributed by atoms with Crippen LogP contribution in [0.2, 0.25) is 0 Å². The zero-order chi connectivity index (χ0) is 38.6. The summed E-state index contributed by atoms with van der Waals surface area (Å²) >= 11 is 0. The lowest BCUT2D eigenvalue weighted by Crippen LogP contribution is -2.38. The molecule has 0 aliphatic heterocycles. The smallest absolute Gasteiger partial charge is 0.251 e. The van der Waals surface area contributed by atoms with Crippen LogP contribution >= 0.6 is 0 Å². The molecule has 0 saturated heterocycles. The van der Waals surface area contributed by atoms with Gasteiger partial charge >= 0.3 is 0 Å². The van der Waals surface area contributed by atoms with Gasteiger partial charge in [0.15, 0.2) is 0 Å². The molecule has 8 nitrogen and oxygen atoms in total. The third-order valence-corrected chi connectivity index (χ3v) is 10.4. The summed E-state index contributed by atoms with van der Waals surface area (Å²) < 4.78 is 9.45. The topological polar surface area (TPSA) is 86.3 Å². The summed E-state index contributed by atoms with van der Waals surface area (Å²) in [6.45, 7) is 0.400. The molecule has 4 heterocycles. The van der Waals surface area contributed by atoms with E-state index in [0.29, 0.717) is 12.1 Å². The molecule has 57 heavy (non-hydrogen) atoms. The molecule has 0 spiro atoms. The van der Waals surface area contributed by atoms with Gasteiger partial charge in [0.05, 0.1) is 24.7 Å². The number of methoxy groups -OCH3 is 1. The highest BCUT2D eigenvalue weighted by Crippen LogP contribution is 2.43. The third kappa shape index (κ3) is 6.63. The van der Waals surface area contributed by atoms with E-state index in [1.165, 1.54) is 0 Å². The lowest BCUT2D eigenvalue weighted by atomic mass is 9.77. The van der Waals surface area contributed by atoms with Crippen LogP contribution in [-0.2, 0) is 12.1 Å². The molecule has 8 heteroatoms. The van der Waals surface area contributed by atoms with E-state index in [4.69, 9.17) is 14.8 Å². The van der Waals surface area contributed by atoms with E-state index in [0.717, 1.165) is 67.4 Å². The number of carbonyl (C=O) groups excluding carboxylic acids is 1. The van der Waals surface area contributed by atoms with E-state index in [1.54, 1.807) is 13.3 Å². The first-order valence-corrected chi connectivity index (χ1v) is 18.8. The standard InChI is InChI=1S/C49H38N6O2/c1-57-42-27-20-35(21-28-42)31-52-48(56)37-24-22-36(23-25-37)47-43(38-26-29-46-51-32-45(54(46)33-38)44-19-11-12-30-50-44)34-55(53-47)49(39-13-5-2-6-14-39,40-15-7-3-8-16-40)41-17-9-4-10-18-41/h2-30,32-34H,31H2,1H3,(H,52,56). The minimum atomic E-state index is -0.837. The zero-order valence-corrected chi connectivity index (χ0v) is 31.2. The van der Waals surface area contributed by atoms with E-state index < -0.39 is 5.54 Å². The fourth-order valence-corrected chi connectivity index (χ4v) is 7.56. The molecule has 5 aromatic carbocycles. The van der Waals surface area contributed by atoms with E-state index in [9.17, 15) is 4.79 Å². The molecule has 0 bridgehead atoms. The number of amides is 1. The molecule has 4 aromatic heterocycles. The van der Waals surface area contributed by atoms with Gasteiger partial charge in [0, 0.05) is 47.4 Å². The number of ether oxygens (including phenoxy) is 1. The van der Waals surface area contributed by atoms with Crippen molar-refractivity contribution in [1.82, 2.24) is 29.5 Å². The number of carbonyl (C=O) groups is 1. The SMILES string of the molecule is COc1ccc(CNC(=O)c2ccc(-c3nn(C(c4ccccc4)(c4ccccc4)c4ccccc4)cc3-c3ccc4ncc(-c5ccccn5)n4c3)cc2)cc1. The number of pyridine rings is 2. The van der Waals surface area contributed by atoms with Crippen LogP contribution in [0.5, 0.6) is 5.75 Å². The lowest BCUT2D eigenvalue weighted by Gasteiger charge is -2.36. The molecule has 0 atom stereocenters. The summed E-state index contributed by atoms with van der Waals surface area (Å²) in [6.07, 6.45) is 7.90. The van der Waals surface area contributed by atoms with Crippen molar-refractivity contribution in [3.8, 4) is 39.5 Å². The maximum atomic E-state index is 13.4. The Morgan fingerprint density at radius 3 is 1.86 bits per heavy atom. The summed E-state index contributed by atoms with van der Waals surface area (Å²) in [5.74, 6) is 0.613. The Morgan fingerprint density at radius 2 is 1.26 bits per heavy atom. The third-order valence-electron chi connectivity index (χ3n) is 10.4. The number of hydrogen-bond donors (Lipinski definition) is 1. The largest absolute Gasteiger partial charge is 0.497 e. The van der Waals surface area contributed by atoms with Crippen molar-refractivity contribution >= 4 is 11.6 Å². The van der Waals surface area contributed by atoms with Crippen LogP contribution < -0.4 is 10.1 Å². The normalized spacial score (nSPS) is 11.4. The van der Waals surface area contributed by atoms with E-state index in [-0.39, 0.29) is 5.91 Å². The number of nitrogens with zero attached hydrogens (tertiary/aromatic N) is 5. The second-order valence-corrected chi connectivity index (χ2v) is 13.8. The van der Waals surface area contributed by atoms with Gasteiger partial charge in [0.2, 0.25) is 0 Å². The number of hydrogen-bond acceptors (Lipinski definition) is 5. The lowest BCUT2D eigenvalue weighted by molar-refractivity contribution is 0.0951. The monoisotopic (exact) mass is 742 g/mol. The van der Waals surface area contributed by atoms with Gasteiger partial charge < -0.3 is 10.1 Å². The van der Waals surface area contributed by atoms with Crippen molar-refractivity contribution in [2.24, 2.45) is 0 Å². The average Bonchev–Trinajstić information content (AvgIpc) is 3.93. The number of benzene rings is 5. The predicted molar refractivity (Wildman–Crippen MR) is 224 cm³/mol. The predicted octanol–water partition coefficient (Wildman–Crippen LogP) is 9.71. The molecule has 9 aromatic rings. The van der Waals surface area contributed by atoms with Crippen molar-refractivity contribution in [3.63, 3.8) is 0 Å². The molecule has 0 aliphatic carbocycles. The summed E-state index contributed by atoms with van der Waals surface area (Å²) in [5.41, 5.74) is 9.93. The Balaban J connectivity index is 1.20. The quantitative estimate of drug-likeness (QED) is 0.133.